The van der Waals surface area contributed by atoms with Crippen LogP contribution < -0.4 is 16.1 Å². The summed E-state index contributed by atoms with van der Waals surface area (Å²) < 4.78 is 5.20. The van der Waals surface area contributed by atoms with E-state index in [2.05, 4.69) is 40.5 Å². The van der Waals surface area contributed by atoms with Gasteiger partial charge in [0.1, 0.15) is 17.5 Å². The van der Waals surface area contributed by atoms with Crippen molar-refractivity contribution in [3.05, 3.63) is 35.5 Å². The first-order valence-electron chi connectivity index (χ1n) is 8.37. The Morgan fingerprint density at radius 3 is 2.92 bits per heavy atom. The second kappa shape index (κ2) is 7.51. The number of benzene rings is 1. The van der Waals surface area contributed by atoms with Gasteiger partial charge in [0.05, 0.1) is 12.8 Å². The molecule has 0 fully saturated rings. The van der Waals surface area contributed by atoms with Crippen molar-refractivity contribution in [2.45, 2.75) is 39.3 Å². The van der Waals surface area contributed by atoms with Gasteiger partial charge in [0.25, 0.3) is 0 Å². The summed E-state index contributed by atoms with van der Waals surface area (Å²) in [6, 6.07) is 7.94. The van der Waals surface area contributed by atoms with E-state index in [4.69, 9.17) is 4.65 Å². The zero-order chi connectivity index (χ0) is 17.8. The molecule has 0 saturated carbocycles. The average molecular weight is 337 g/mol. The second-order valence-electron chi connectivity index (χ2n) is 5.93. The molecule has 1 aromatic carbocycles. The average Bonchev–Trinajstić information content (AvgIpc) is 3.00. The van der Waals surface area contributed by atoms with Gasteiger partial charge in [0.2, 0.25) is 5.95 Å². The number of nitriles is 1. The van der Waals surface area contributed by atoms with Crippen molar-refractivity contribution >= 4 is 30.0 Å². The quantitative estimate of drug-likeness (QED) is 0.692. The molecule has 3 rings (SSSR count). The maximum Gasteiger partial charge on any atom is 0.491 e. The highest BCUT2D eigenvalue weighted by molar-refractivity contribution is 6.61. The van der Waals surface area contributed by atoms with Gasteiger partial charge < -0.3 is 20.3 Å². The van der Waals surface area contributed by atoms with E-state index in [1.165, 1.54) is 6.20 Å². The second-order valence-corrected chi connectivity index (χ2v) is 5.93. The number of fused-ring (bicyclic) bond motifs is 1. The van der Waals surface area contributed by atoms with E-state index in [1.54, 1.807) is 0 Å². The van der Waals surface area contributed by atoms with Crippen LogP contribution in [0.5, 0.6) is 0 Å². The first-order valence-corrected chi connectivity index (χ1v) is 8.37. The normalized spacial score (nSPS) is 12.8. The number of rotatable bonds is 6. The summed E-state index contributed by atoms with van der Waals surface area (Å²) in [6.45, 7) is 4.56. The van der Waals surface area contributed by atoms with Crippen molar-refractivity contribution in [3.8, 4) is 6.07 Å². The fraction of sp³-hybridized carbons (Fsp3) is 0.353. The number of nitrogens with one attached hydrogen (secondary N) is 2. The van der Waals surface area contributed by atoms with Crippen molar-refractivity contribution in [3.63, 3.8) is 0 Å². The van der Waals surface area contributed by atoms with E-state index in [1.807, 2.05) is 18.2 Å². The Labute approximate surface area is 147 Å². The highest BCUT2D eigenvalue weighted by Crippen LogP contribution is 2.21. The van der Waals surface area contributed by atoms with Gasteiger partial charge in [0.15, 0.2) is 0 Å². The van der Waals surface area contributed by atoms with Crippen LogP contribution in [0.1, 0.15) is 37.8 Å². The van der Waals surface area contributed by atoms with E-state index in [-0.39, 0.29) is 6.04 Å². The van der Waals surface area contributed by atoms with Crippen LogP contribution in [-0.2, 0) is 11.3 Å². The molecule has 7 nitrogen and oxygen atoms in total. The zero-order valence-electron chi connectivity index (χ0n) is 14.3. The van der Waals surface area contributed by atoms with Crippen molar-refractivity contribution in [1.29, 1.82) is 5.26 Å². The standard InChI is InChI=1S/C17H20BN5O2/c1-3-13(4-2)21-16-12(8-19)9-20-17(23-16)22-14-5-6-15-11(7-14)10-25-18(15)24/h5-7,9,13,24H,3-4,10H2,1-2H3,(H2,20,21,22,23). The Morgan fingerprint density at radius 2 is 2.20 bits per heavy atom. The van der Waals surface area contributed by atoms with Crippen LogP contribution in [0, 0.1) is 11.3 Å². The molecule has 1 aliphatic heterocycles. The molecule has 0 spiro atoms. The predicted molar refractivity (Wildman–Crippen MR) is 96.9 cm³/mol. The van der Waals surface area contributed by atoms with E-state index >= 15 is 0 Å². The lowest BCUT2D eigenvalue weighted by Crippen LogP contribution is -2.27. The van der Waals surface area contributed by atoms with Crippen LogP contribution in [0.4, 0.5) is 17.5 Å². The highest BCUT2D eigenvalue weighted by atomic mass is 16.5. The maximum absolute atomic E-state index is 9.68. The molecule has 1 aromatic heterocycles. The van der Waals surface area contributed by atoms with Crippen molar-refractivity contribution in [2.24, 2.45) is 0 Å². The zero-order valence-corrected chi connectivity index (χ0v) is 14.3. The van der Waals surface area contributed by atoms with Crippen LogP contribution in [0.3, 0.4) is 0 Å². The van der Waals surface area contributed by atoms with Crippen LogP contribution >= 0.6 is 0 Å². The van der Waals surface area contributed by atoms with Crippen LogP contribution in [-0.4, -0.2) is 28.2 Å². The molecule has 1 aliphatic rings. The first kappa shape index (κ1) is 17.2. The molecule has 0 saturated heterocycles. The Bertz CT molecular complexity index is 804. The van der Waals surface area contributed by atoms with Gasteiger partial charge in [-0.2, -0.15) is 10.2 Å². The van der Waals surface area contributed by atoms with Gasteiger partial charge in [-0.25, -0.2) is 4.98 Å². The van der Waals surface area contributed by atoms with Gasteiger partial charge in [-0.3, -0.25) is 0 Å². The number of aromatic nitrogens is 2. The van der Waals surface area contributed by atoms with Crippen LogP contribution in [0.15, 0.2) is 24.4 Å². The van der Waals surface area contributed by atoms with Crippen molar-refractivity contribution in [1.82, 2.24) is 9.97 Å². The molecule has 3 N–H and O–H groups in total. The third kappa shape index (κ3) is 3.73. The third-order valence-electron chi connectivity index (χ3n) is 4.30. The molecular weight excluding hydrogens is 317 g/mol. The fourth-order valence-electron chi connectivity index (χ4n) is 2.76. The lowest BCUT2D eigenvalue weighted by atomic mass is 9.79. The Kier molecular flexibility index (Phi) is 5.17. The molecular formula is C17H20BN5O2. The monoisotopic (exact) mass is 337 g/mol. The minimum Gasteiger partial charge on any atom is -0.423 e. The molecule has 2 aromatic rings. The Balaban J connectivity index is 1.82. The fourth-order valence-corrected chi connectivity index (χ4v) is 2.76. The van der Waals surface area contributed by atoms with Gasteiger partial charge in [-0.1, -0.05) is 19.9 Å². The largest absolute Gasteiger partial charge is 0.491 e. The lowest BCUT2D eigenvalue weighted by molar-refractivity contribution is 0.275. The summed E-state index contributed by atoms with van der Waals surface area (Å²) in [6.07, 6.45) is 3.41. The molecule has 0 atom stereocenters. The first-order chi connectivity index (χ1) is 12.1. The molecule has 128 valence electrons. The van der Waals surface area contributed by atoms with Crippen molar-refractivity contribution in [2.75, 3.05) is 10.6 Å². The highest BCUT2D eigenvalue weighted by Gasteiger charge is 2.27. The number of hydrogen-bond donors (Lipinski definition) is 3. The maximum atomic E-state index is 9.68. The van der Waals surface area contributed by atoms with Crippen LogP contribution in [0.25, 0.3) is 0 Å². The predicted octanol–water partition coefficient (Wildman–Crippen LogP) is 1.91. The van der Waals surface area contributed by atoms with E-state index in [0.29, 0.717) is 23.9 Å². The molecule has 0 bridgehead atoms. The molecule has 25 heavy (non-hydrogen) atoms. The molecule has 0 radical (unpaired) electrons. The molecule has 0 amide bonds. The van der Waals surface area contributed by atoms with Gasteiger partial charge in [-0.15, -0.1) is 0 Å². The summed E-state index contributed by atoms with van der Waals surface area (Å²) in [5.74, 6) is 0.945. The minimum atomic E-state index is -0.856. The topological polar surface area (TPSA) is 103 Å². The van der Waals surface area contributed by atoms with E-state index in [0.717, 1.165) is 29.6 Å². The van der Waals surface area contributed by atoms with Gasteiger partial charge >= 0.3 is 7.12 Å². The summed E-state index contributed by atoms with van der Waals surface area (Å²) in [5.41, 5.74) is 2.93. The molecule has 8 heteroatoms. The smallest absolute Gasteiger partial charge is 0.423 e. The summed E-state index contributed by atoms with van der Waals surface area (Å²) in [4.78, 5) is 8.65. The number of anilines is 3. The number of nitrogens with zero attached hydrogens (tertiary/aromatic N) is 3. The molecule has 0 aliphatic carbocycles. The summed E-state index contributed by atoms with van der Waals surface area (Å²) in [7, 11) is -0.856. The molecule has 2 heterocycles. The Hall–Kier alpha value is -2.63. The Morgan fingerprint density at radius 1 is 1.40 bits per heavy atom. The molecule has 0 unspecified atom stereocenters. The summed E-state index contributed by atoms with van der Waals surface area (Å²) >= 11 is 0. The number of hydrogen-bond acceptors (Lipinski definition) is 7. The van der Waals surface area contributed by atoms with Gasteiger partial charge in [0, 0.05) is 11.7 Å². The summed E-state index contributed by atoms with van der Waals surface area (Å²) in [5, 5.41) is 25.4. The SMILES string of the molecule is CCC(CC)Nc1nc(Nc2ccc3c(c2)COB3O)ncc1C#N. The van der Waals surface area contributed by atoms with Crippen LogP contribution in [0.2, 0.25) is 0 Å². The van der Waals surface area contributed by atoms with Crippen molar-refractivity contribution < 1.29 is 9.68 Å². The minimum absolute atomic E-state index is 0.258. The lowest BCUT2D eigenvalue weighted by Gasteiger charge is -2.17. The van der Waals surface area contributed by atoms with Gasteiger partial charge in [-0.05, 0) is 36.0 Å². The van der Waals surface area contributed by atoms with E-state index in [9.17, 15) is 10.3 Å². The van der Waals surface area contributed by atoms with E-state index < -0.39 is 7.12 Å². The third-order valence-corrected chi connectivity index (χ3v) is 4.30.